The number of hydrogen-bond donors (Lipinski definition) is 0. The van der Waals surface area contributed by atoms with Gasteiger partial charge in [0.25, 0.3) is 11.5 Å². The molecule has 1 amide bonds. The molecule has 0 N–H and O–H groups in total. The van der Waals surface area contributed by atoms with Crippen LogP contribution in [0.15, 0.2) is 76.8 Å². The first-order valence-corrected chi connectivity index (χ1v) is 9.93. The van der Waals surface area contributed by atoms with E-state index in [-0.39, 0.29) is 11.5 Å². The van der Waals surface area contributed by atoms with Gasteiger partial charge >= 0.3 is 0 Å². The van der Waals surface area contributed by atoms with Gasteiger partial charge in [-0.15, -0.1) is 0 Å². The number of aromatic nitrogens is 3. The standard InChI is InChI=1S/C17H12ClN3O.C6H8N2O/c1-20-15-9-11(18)7-8-13(15)14-10-19-21(17(22)16(14)20)12-5-3-2-4-6-12;1-8(2)6(9)5-3-4-7-5/h2-10H,1H3;3-4H,1-2H3. The number of carbonyl (C=O) groups excluding carboxylic acids is 1. The van der Waals surface area contributed by atoms with Gasteiger partial charge in [0.1, 0.15) is 11.2 Å². The fourth-order valence-electron chi connectivity index (χ4n) is 3.35. The minimum absolute atomic E-state index is 0.0301. The molecule has 2 aromatic heterocycles. The van der Waals surface area contributed by atoms with E-state index < -0.39 is 0 Å². The summed E-state index contributed by atoms with van der Waals surface area (Å²) in [4.78, 5) is 29.0. The van der Waals surface area contributed by atoms with Gasteiger partial charge in [-0.25, -0.2) is 0 Å². The van der Waals surface area contributed by atoms with Crippen molar-refractivity contribution in [1.29, 1.82) is 0 Å². The number of hydrogen-bond acceptors (Lipinski definition) is 4. The first-order chi connectivity index (χ1) is 14.9. The molecule has 0 unspecified atom stereocenters. The first-order valence-electron chi connectivity index (χ1n) is 9.56. The van der Waals surface area contributed by atoms with Crippen LogP contribution in [0.2, 0.25) is 5.02 Å². The van der Waals surface area contributed by atoms with Crippen LogP contribution in [0.5, 0.6) is 0 Å². The van der Waals surface area contributed by atoms with Crippen molar-refractivity contribution in [3.63, 3.8) is 0 Å². The van der Waals surface area contributed by atoms with Crippen LogP contribution in [-0.2, 0) is 11.8 Å². The Morgan fingerprint density at radius 2 is 1.77 bits per heavy atom. The summed E-state index contributed by atoms with van der Waals surface area (Å²) < 4.78 is 3.29. The van der Waals surface area contributed by atoms with Crippen molar-refractivity contribution in [2.24, 2.45) is 12.0 Å². The van der Waals surface area contributed by atoms with Crippen LogP contribution in [0.25, 0.3) is 27.5 Å². The van der Waals surface area contributed by atoms with Gasteiger partial charge in [-0.3, -0.25) is 14.6 Å². The molecule has 1 aliphatic heterocycles. The number of aryl methyl sites for hydroxylation is 1. The average Bonchev–Trinajstić information content (AvgIpc) is 3.00. The zero-order chi connectivity index (χ0) is 22.1. The minimum Gasteiger partial charge on any atom is -0.343 e. The van der Waals surface area contributed by atoms with Crippen molar-refractivity contribution in [2.45, 2.75) is 0 Å². The molecule has 0 bridgehead atoms. The molecular formula is C23H20ClN5O2. The van der Waals surface area contributed by atoms with Gasteiger partial charge in [0, 0.05) is 43.1 Å². The van der Waals surface area contributed by atoms with Crippen molar-refractivity contribution in [2.75, 3.05) is 14.1 Å². The highest BCUT2D eigenvalue weighted by molar-refractivity contribution is 6.44. The average molecular weight is 434 g/mol. The van der Waals surface area contributed by atoms with Crippen LogP contribution in [0.4, 0.5) is 0 Å². The lowest BCUT2D eigenvalue weighted by atomic mass is 10.2. The number of nitrogens with zero attached hydrogens (tertiary/aromatic N) is 5. The van der Waals surface area contributed by atoms with Crippen molar-refractivity contribution in [1.82, 2.24) is 19.2 Å². The lowest BCUT2D eigenvalue weighted by Gasteiger charge is -2.11. The van der Waals surface area contributed by atoms with Gasteiger partial charge in [-0.1, -0.05) is 35.9 Å². The van der Waals surface area contributed by atoms with Crippen LogP contribution in [0, 0.1) is 0 Å². The second-order valence-corrected chi connectivity index (χ2v) is 7.65. The molecule has 1 aliphatic rings. The number of benzene rings is 2. The smallest absolute Gasteiger partial charge is 0.296 e. The molecule has 0 spiro atoms. The van der Waals surface area contributed by atoms with E-state index in [1.54, 1.807) is 32.6 Å². The zero-order valence-corrected chi connectivity index (χ0v) is 18.0. The summed E-state index contributed by atoms with van der Waals surface area (Å²) >= 11 is 6.07. The molecule has 5 rings (SSSR count). The Hall–Kier alpha value is -3.71. The van der Waals surface area contributed by atoms with Crippen molar-refractivity contribution < 1.29 is 4.79 Å². The number of rotatable bonds is 2. The third kappa shape index (κ3) is 3.75. The normalized spacial score (nSPS) is 12.2. The summed E-state index contributed by atoms with van der Waals surface area (Å²) in [5.41, 5.74) is 2.69. The van der Waals surface area contributed by atoms with E-state index in [0.717, 1.165) is 22.0 Å². The zero-order valence-electron chi connectivity index (χ0n) is 17.3. The Morgan fingerprint density at radius 1 is 1.06 bits per heavy atom. The highest BCUT2D eigenvalue weighted by Crippen LogP contribution is 2.27. The van der Waals surface area contributed by atoms with Crippen molar-refractivity contribution in [3.8, 4) is 5.69 Å². The Kier molecular flexibility index (Phi) is 5.44. The predicted octanol–water partition coefficient (Wildman–Crippen LogP) is 3.57. The van der Waals surface area contributed by atoms with Gasteiger partial charge < -0.3 is 9.47 Å². The molecule has 0 fully saturated rings. The molecule has 0 saturated heterocycles. The van der Waals surface area contributed by atoms with E-state index in [4.69, 9.17) is 11.6 Å². The lowest BCUT2D eigenvalue weighted by molar-refractivity contribution is -0.121. The predicted molar refractivity (Wildman–Crippen MR) is 124 cm³/mol. The molecule has 7 nitrogen and oxygen atoms in total. The van der Waals surface area contributed by atoms with E-state index >= 15 is 0 Å². The van der Waals surface area contributed by atoms with Gasteiger partial charge in [0.05, 0.1) is 17.4 Å². The Labute approximate surface area is 183 Å². The van der Waals surface area contributed by atoms with Gasteiger partial charge in [-0.2, -0.15) is 9.78 Å². The summed E-state index contributed by atoms with van der Waals surface area (Å²) in [7, 11) is 5.28. The molecule has 8 heteroatoms. The fourth-order valence-corrected chi connectivity index (χ4v) is 3.52. The maximum atomic E-state index is 12.9. The monoisotopic (exact) mass is 433 g/mol. The Balaban J connectivity index is 0.000000217. The van der Waals surface area contributed by atoms with E-state index in [1.807, 2.05) is 60.1 Å². The van der Waals surface area contributed by atoms with Crippen molar-refractivity contribution in [3.05, 3.63) is 82.4 Å². The first kappa shape index (κ1) is 20.6. The quantitative estimate of drug-likeness (QED) is 0.485. The molecule has 0 atom stereocenters. The summed E-state index contributed by atoms with van der Waals surface area (Å²) in [5.74, 6) is -0.0301. The largest absolute Gasteiger partial charge is 0.343 e. The van der Waals surface area contributed by atoms with Gasteiger partial charge in [0.15, 0.2) is 0 Å². The molecule has 2 aromatic carbocycles. The number of carbonyl (C=O) groups is 1. The van der Waals surface area contributed by atoms with E-state index in [1.165, 1.54) is 9.58 Å². The van der Waals surface area contributed by atoms with Crippen LogP contribution < -0.4 is 5.56 Å². The Morgan fingerprint density at radius 3 is 2.35 bits per heavy atom. The SMILES string of the molecule is CN(C)C(=O)C1=NC=C1.Cn1c2cc(Cl)ccc2c2cnn(-c3ccccc3)c(=O)c21. The number of fused-ring (bicyclic) bond motifs is 3. The third-order valence-electron chi connectivity index (χ3n) is 4.97. The molecule has 156 valence electrons. The second-order valence-electron chi connectivity index (χ2n) is 7.21. The van der Waals surface area contributed by atoms with Crippen LogP contribution in [-0.4, -0.2) is 45.0 Å². The van der Waals surface area contributed by atoms with E-state index in [9.17, 15) is 9.59 Å². The lowest BCUT2D eigenvalue weighted by Crippen LogP contribution is -2.30. The number of para-hydroxylation sites is 1. The van der Waals surface area contributed by atoms with Crippen LogP contribution in [0.1, 0.15) is 0 Å². The summed E-state index contributed by atoms with van der Waals surface area (Å²) in [5, 5.41) is 6.79. The minimum atomic E-state index is -0.140. The maximum absolute atomic E-state index is 12.9. The summed E-state index contributed by atoms with van der Waals surface area (Å²) in [6, 6.07) is 15.0. The second kappa shape index (κ2) is 8.20. The molecule has 31 heavy (non-hydrogen) atoms. The molecule has 0 aliphatic carbocycles. The maximum Gasteiger partial charge on any atom is 0.296 e. The number of halogens is 1. The number of aliphatic imine (C=N–C) groups is 1. The highest BCUT2D eigenvalue weighted by atomic mass is 35.5. The van der Waals surface area contributed by atoms with Crippen molar-refractivity contribution >= 4 is 45.0 Å². The van der Waals surface area contributed by atoms with Crippen LogP contribution >= 0.6 is 11.6 Å². The molecule has 3 heterocycles. The molecular weight excluding hydrogens is 414 g/mol. The van der Waals surface area contributed by atoms with Gasteiger partial charge in [-0.05, 0) is 30.3 Å². The molecule has 0 radical (unpaired) electrons. The Bertz CT molecular complexity index is 1410. The third-order valence-corrected chi connectivity index (χ3v) is 5.21. The van der Waals surface area contributed by atoms with Gasteiger partial charge in [0.2, 0.25) is 0 Å². The highest BCUT2D eigenvalue weighted by Gasteiger charge is 2.15. The van der Waals surface area contributed by atoms with E-state index in [0.29, 0.717) is 16.3 Å². The topological polar surface area (TPSA) is 72.5 Å². The summed E-state index contributed by atoms with van der Waals surface area (Å²) in [6.45, 7) is 0. The number of amides is 1. The summed E-state index contributed by atoms with van der Waals surface area (Å²) in [6.07, 6.45) is 5.04. The molecule has 4 aromatic rings. The fraction of sp³-hybridized carbons (Fsp3) is 0.130. The van der Waals surface area contributed by atoms with E-state index in [2.05, 4.69) is 10.1 Å². The molecule has 0 saturated carbocycles. The van der Waals surface area contributed by atoms with Crippen LogP contribution in [0.3, 0.4) is 0 Å².